The SMILES string of the molecule is CC[C@H](C)NC(=O)C[C@@H](NC(=O)c1ccccc1)c1ccccc1. The second-order valence-electron chi connectivity index (χ2n) is 5.88. The first-order valence-electron chi connectivity index (χ1n) is 8.30. The molecule has 0 aliphatic carbocycles. The molecule has 0 aromatic heterocycles. The first-order chi connectivity index (χ1) is 11.6. The second kappa shape index (κ2) is 8.87. The summed E-state index contributed by atoms with van der Waals surface area (Å²) in [6.45, 7) is 3.99. The molecule has 0 heterocycles. The Balaban J connectivity index is 2.12. The molecule has 0 bridgehead atoms. The van der Waals surface area contributed by atoms with Crippen molar-refractivity contribution >= 4 is 11.8 Å². The van der Waals surface area contributed by atoms with Crippen molar-refractivity contribution in [2.45, 2.75) is 38.8 Å². The Kier molecular flexibility index (Phi) is 6.55. The van der Waals surface area contributed by atoms with Crippen LogP contribution in [0.15, 0.2) is 60.7 Å². The van der Waals surface area contributed by atoms with Crippen LogP contribution in [-0.4, -0.2) is 17.9 Å². The lowest BCUT2D eigenvalue weighted by atomic mass is 10.0. The van der Waals surface area contributed by atoms with Crippen molar-refractivity contribution in [2.24, 2.45) is 0 Å². The summed E-state index contributed by atoms with van der Waals surface area (Å²) in [6.07, 6.45) is 1.09. The predicted octanol–water partition coefficient (Wildman–Crippen LogP) is 3.46. The second-order valence-corrected chi connectivity index (χ2v) is 5.88. The molecule has 0 saturated heterocycles. The molecule has 2 aromatic carbocycles. The molecule has 0 aliphatic heterocycles. The summed E-state index contributed by atoms with van der Waals surface area (Å²) in [5.74, 6) is -0.243. The smallest absolute Gasteiger partial charge is 0.251 e. The number of hydrogen-bond donors (Lipinski definition) is 2. The topological polar surface area (TPSA) is 58.2 Å². The van der Waals surface area contributed by atoms with Gasteiger partial charge in [0.25, 0.3) is 5.91 Å². The largest absolute Gasteiger partial charge is 0.354 e. The van der Waals surface area contributed by atoms with Gasteiger partial charge in [-0.1, -0.05) is 55.5 Å². The fourth-order valence-corrected chi connectivity index (χ4v) is 2.39. The molecule has 2 atom stereocenters. The summed E-state index contributed by atoms with van der Waals surface area (Å²) in [7, 11) is 0. The third-order valence-corrected chi connectivity index (χ3v) is 3.95. The maximum atomic E-state index is 12.4. The number of benzene rings is 2. The molecule has 0 spiro atoms. The Morgan fingerprint density at radius 3 is 2.08 bits per heavy atom. The number of carbonyl (C=O) groups excluding carboxylic acids is 2. The zero-order valence-electron chi connectivity index (χ0n) is 14.2. The van der Waals surface area contributed by atoms with Crippen molar-refractivity contribution in [3.8, 4) is 0 Å². The lowest BCUT2D eigenvalue weighted by molar-refractivity contribution is -0.122. The average molecular weight is 324 g/mol. The van der Waals surface area contributed by atoms with E-state index in [9.17, 15) is 9.59 Å². The molecular weight excluding hydrogens is 300 g/mol. The quantitative estimate of drug-likeness (QED) is 0.819. The van der Waals surface area contributed by atoms with E-state index in [2.05, 4.69) is 10.6 Å². The van der Waals surface area contributed by atoms with Crippen LogP contribution in [-0.2, 0) is 4.79 Å². The van der Waals surface area contributed by atoms with Gasteiger partial charge < -0.3 is 10.6 Å². The van der Waals surface area contributed by atoms with Gasteiger partial charge in [-0.25, -0.2) is 0 Å². The fraction of sp³-hybridized carbons (Fsp3) is 0.300. The number of carbonyl (C=O) groups is 2. The zero-order chi connectivity index (χ0) is 17.4. The Hall–Kier alpha value is -2.62. The van der Waals surface area contributed by atoms with Crippen molar-refractivity contribution in [1.29, 1.82) is 0 Å². The third-order valence-electron chi connectivity index (χ3n) is 3.95. The van der Waals surface area contributed by atoms with E-state index in [4.69, 9.17) is 0 Å². The van der Waals surface area contributed by atoms with Crippen molar-refractivity contribution in [1.82, 2.24) is 10.6 Å². The highest BCUT2D eigenvalue weighted by Crippen LogP contribution is 2.17. The van der Waals surface area contributed by atoms with Crippen LogP contribution in [0.2, 0.25) is 0 Å². The number of hydrogen-bond acceptors (Lipinski definition) is 2. The van der Waals surface area contributed by atoms with E-state index in [0.29, 0.717) is 5.56 Å². The number of amides is 2. The molecular formula is C20H24N2O2. The van der Waals surface area contributed by atoms with Crippen LogP contribution >= 0.6 is 0 Å². The fourth-order valence-electron chi connectivity index (χ4n) is 2.39. The molecule has 2 amide bonds. The Morgan fingerprint density at radius 2 is 1.50 bits per heavy atom. The lowest BCUT2D eigenvalue weighted by Gasteiger charge is -2.20. The van der Waals surface area contributed by atoms with E-state index in [1.54, 1.807) is 12.1 Å². The number of rotatable bonds is 7. The van der Waals surface area contributed by atoms with E-state index in [0.717, 1.165) is 12.0 Å². The summed E-state index contributed by atoms with van der Waals surface area (Å²) < 4.78 is 0. The van der Waals surface area contributed by atoms with E-state index in [1.165, 1.54) is 0 Å². The van der Waals surface area contributed by atoms with Gasteiger partial charge in [0.05, 0.1) is 12.5 Å². The lowest BCUT2D eigenvalue weighted by Crippen LogP contribution is -2.37. The maximum Gasteiger partial charge on any atom is 0.251 e. The Morgan fingerprint density at radius 1 is 0.917 bits per heavy atom. The monoisotopic (exact) mass is 324 g/mol. The molecule has 4 nitrogen and oxygen atoms in total. The molecule has 0 saturated carbocycles. The van der Waals surface area contributed by atoms with Crippen LogP contribution < -0.4 is 10.6 Å². The Labute approximate surface area is 143 Å². The number of nitrogens with one attached hydrogen (secondary N) is 2. The summed E-state index contributed by atoms with van der Waals surface area (Å²) in [6, 6.07) is 18.4. The average Bonchev–Trinajstić information content (AvgIpc) is 2.62. The van der Waals surface area contributed by atoms with E-state index in [1.807, 2.05) is 62.4 Å². The van der Waals surface area contributed by atoms with Gasteiger partial charge in [0.1, 0.15) is 0 Å². The zero-order valence-corrected chi connectivity index (χ0v) is 14.2. The summed E-state index contributed by atoms with van der Waals surface area (Å²) in [5, 5.41) is 5.92. The van der Waals surface area contributed by atoms with Gasteiger partial charge >= 0.3 is 0 Å². The first-order valence-corrected chi connectivity index (χ1v) is 8.30. The van der Waals surface area contributed by atoms with E-state index >= 15 is 0 Å². The van der Waals surface area contributed by atoms with Gasteiger partial charge in [0.2, 0.25) is 5.91 Å². The highest BCUT2D eigenvalue weighted by atomic mass is 16.2. The van der Waals surface area contributed by atoms with Crippen LogP contribution in [0.25, 0.3) is 0 Å². The minimum Gasteiger partial charge on any atom is -0.354 e. The molecule has 2 rings (SSSR count). The highest BCUT2D eigenvalue weighted by molar-refractivity contribution is 5.94. The van der Waals surface area contributed by atoms with Crippen molar-refractivity contribution < 1.29 is 9.59 Å². The predicted molar refractivity (Wildman–Crippen MR) is 95.6 cm³/mol. The van der Waals surface area contributed by atoms with Crippen LogP contribution in [0.4, 0.5) is 0 Å². The van der Waals surface area contributed by atoms with Crippen molar-refractivity contribution in [3.63, 3.8) is 0 Å². The molecule has 0 unspecified atom stereocenters. The van der Waals surface area contributed by atoms with Gasteiger partial charge in [0.15, 0.2) is 0 Å². The van der Waals surface area contributed by atoms with Crippen LogP contribution in [0, 0.1) is 0 Å². The summed E-state index contributed by atoms with van der Waals surface area (Å²) in [5.41, 5.74) is 1.50. The van der Waals surface area contributed by atoms with Gasteiger partial charge in [-0.3, -0.25) is 9.59 Å². The normalized spacial score (nSPS) is 12.9. The molecule has 4 heteroatoms. The van der Waals surface area contributed by atoms with Crippen molar-refractivity contribution in [2.75, 3.05) is 0 Å². The van der Waals surface area contributed by atoms with Crippen LogP contribution in [0.3, 0.4) is 0 Å². The van der Waals surface area contributed by atoms with Gasteiger partial charge in [-0.05, 0) is 31.0 Å². The minimum atomic E-state index is -0.358. The van der Waals surface area contributed by atoms with Crippen LogP contribution in [0.1, 0.15) is 48.7 Å². The van der Waals surface area contributed by atoms with Gasteiger partial charge in [-0.15, -0.1) is 0 Å². The standard InChI is InChI=1S/C20H24N2O2/c1-3-15(2)21-19(23)14-18(16-10-6-4-7-11-16)22-20(24)17-12-8-5-9-13-17/h4-13,15,18H,3,14H2,1-2H3,(H,21,23)(H,22,24)/t15-,18+/m0/s1. The molecule has 0 aliphatic rings. The summed E-state index contributed by atoms with van der Waals surface area (Å²) in [4.78, 5) is 24.7. The van der Waals surface area contributed by atoms with Gasteiger partial charge in [0, 0.05) is 11.6 Å². The van der Waals surface area contributed by atoms with E-state index < -0.39 is 0 Å². The molecule has 0 fully saturated rings. The maximum absolute atomic E-state index is 12.4. The molecule has 2 N–H and O–H groups in total. The molecule has 24 heavy (non-hydrogen) atoms. The van der Waals surface area contributed by atoms with Gasteiger partial charge in [-0.2, -0.15) is 0 Å². The van der Waals surface area contributed by atoms with Crippen LogP contribution in [0.5, 0.6) is 0 Å². The minimum absolute atomic E-state index is 0.0634. The molecule has 126 valence electrons. The summed E-state index contributed by atoms with van der Waals surface area (Å²) >= 11 is 0. The highest BCUT2D eigenvalue weighted by Gasteiger charge is 2.19. The molecule has 0 radical (unpaired) electrons. The molecule has 2 aromatic rings. The third kappa shape index (κ3) is 5.23. The first kappa shape index (κ1) is 17.7. The Bertz CT molecular complexity index is 656. The van der Waals surface area contributed by atoms with E-state index in [-0.39, 0.29) is 30.3 Å². The van der Waals surface area contributed by atoms with Crippen molar-refractivity contribution in [3.05, 3.63) is 71.8 Å².